The number of benzene rings is 2. The number of thiazole rings is 1. The number of nitrogens with one attached hydrogen (secondary N) is 1. The lowest BCUT2D eigenvalue weighted by molar-refractivity contribution is -0.274. The third-order valence-corrected chi connectivity index (χ3v) is 4.91. The van der Waals surface area contributed by atoms with E-state index < -0.39 is 12.3 Å². The van der Waals surface area contributed by atoms with E-state index in [-0.39, 0.29) is 5.75 Å². The first-order valence-electron chi connectivity index (χ1n) is 7.89. The zero-order valence-corrected chi connectivity index (χ0v) is 15.1. The number of nitrogens with zero attached hydrogens (tertiary/aromatic N) is 3. The van der Waals surface area contributed by atoms with Gasteiger partial charge in [-0.25, -0.2) is 9.97 Å². The van der Waals surface area contributed by atoms with E-state index in [2.05, 4.69) is 20.0 Å². The van der Waals surface area contributed by atoms with Crippen LogP contribution in [0.5, 0.6) is 5.75 Å². The van der Waals surface area contributed by atoms with Gasteiger partial charge in [0.25, 0.3) is 0 Å². The van der Waals surface area contributed by atoms with Crippen LogP contribution in [-0.4, -0.2) is 26.8 Å². The van der Waals surface area contributed by atoms with Gasteiger partial charge in [0.2, 0.25) is 11.9 Å². The van der Waals surface area contributed by atoms with Crippen molar-refractivity contribution in [3.05, 3.63) is 42.0 Å². The molecule has 3 N–H and O–H groups in total. The average molecular weight is 407 g/mol. The summed E-state index contributed by atoms with van der Waals surface area (Å²) in [5.74, 6) is -0.399. The molecule has 2 aromatic carbocycles. The Kier molecular flexibility index (Phi) is 4.11. The molecule has 2 aromatic heterocycles. The van der Waals surface area contributed by atoms with E-state index in [0.29, 0.717) is 32.4 Å². The number of amides is 1. The van der Waals surface area contributed by atoms with Gasteiger partial charge in [0.1, 0.15) is 5.75 Å². The Hall–Kier alpha value is -3.34. The number of nitrogens with two attached hydrogens (primary N) is 1. The molecule has 0 radical (unpaired) electrons. The van der Waals surface area contributed by atoms with Crippen LogP contribution in [0.2, 0.25) is 0 Å². The van der Waals surface area contributed by atoms with Gasteiger partial charge in [-0.15, -0.1) is 13.2 Å². The largest absolute Gasteiger partial charge is 0.573 e. The van der Waals surface area contributed by atoms with Crippen LogP contribution in [0.4, 0.5) is 24.3 Å². The van der Waals surface area contributed by atoms with Crippen molar-refractivity contribution >= 4 is 49.6 Å². The predicted molar refractivity (Wildman–Crippen MR) is 98.8 cm³/mol. The fraction of sp³-hybridized carbons (Fsp3) is 0.118. The summed E-state index contributed by atoms with van der Waals surface area (Å²) in [4.78, 5) is 20.1. The van der Waals surface area contributed by atoms with Gasteiger partial charge >= 0.3 is 6.36 Å². The SMILES string of the molecule is Cn1c(Nc2nc3ccc(OC(F)(F)F)cc3s2)nc2cc(C(N)=O)ccc21. The molecule has 0 unspecified atom stereocenters. The van der Waals surface area contributed by atoms with E-state index in [0.717, 1.165) is 16.9 Å². The highest BCUT2D eigenvalue weighted by molar-refractivity contribution is 7.22. The highest BCUT2D eigenvalue weighted by Crippen LogP contribution is 2.33. The minimum absolute atomic E-state index is 0.308. The number of primary amides is 1. The van der Waals surface area contributed by atoms with Crippen LogP contribution >= 0.6 is 11.3 Å². The summed E-state index contributed by atoms with van der Waals surface area (Å²) in [6.07, 6.45) is -4.75. The zero-order chi connectivity index (χ0) is 20.1. The smallest absolute Gasteiger partial charge is 0.406 e. The van der Waals surface area contributed by atoms with E-state index in [1.807, 2.05) is 0 Å². The summed E-state index contributed by atoms with van der Waals surface area (Å²) in [6, 6.07) is 8.86. The minimum Gasteiger partial charge on any atom is -0.406 e. The number of imidazole rings is 1. The first-order valence-corrected chi connectivity index (χ1v) is 8.71. The number of anilines is 2. The molecule has 0 saturated heterocycles. The third-order valence-electron chi connectivity index (χ3n) is 3.98. The normalized spacial score (nSPS) is 11.9. The van der Waals surface area contributed by atoms with Crippen LogP contribution in [0.25, 0.3) is 21.3 Å². The van der Waals surface area contributed by atoms with Crippen LogP contribution in [0.3, 0.4) is 0 Å². The van der Waals surface area contributed by atoms with E-state index in [4.69, 9.17) is 5.73 Å². The van der Waals surface area contributed by atoms with Gasteiger partial charge in [-0.2, -0.15) is 0 Å². The second-order valence-corrected chi connectivity index (χ2v) is 6.91. The molecule has 4 aromatic rings. The second kappa shape index (κ2) is 6.37. The highest BCUT2D eigenvalue weighted by atomic mass is 32.1. The molecule has 0 atom stereocenters. The number of halogens is 3. The fourth-order valence-electron chi connectivity index (χ4n) is 2.72. The fourth-order valence-corrected chi connectivity index (χ4v) is 3.60. The van der Waals surface area contributed by atoms with Gasteiger partial charge in [0, 0.05) is 18.7 Å². The van der Waals surface area contributed by atoms with E-state index in [1.54, 1.807) is 29.8 Å². The monoisotopic (exact) mass is 407 g/mol. The maximum Gasteiger partial charge on any atom is 0.573 e. The quantitative estimate of drug-likeness (QED) is 0.535. The van der Waals surface area contributed by atoms with Crippen molar-refractivity contribution in [1.82, 2.24) is 14.5 Å². The molecular formula is C17H12F3N5O2S. The molecule has 0 saturated carbocycles. The molecular weight excluding hydrogens is 395 g/mol. The number of aryl methyl sites for hydroxylation is 1. The lowest BCUT2D eigenvalue weighted by atomic mass is 10.2. The van der Waals surface area contributed by atoms with Crippen molar-refractivity contribution in [2.75, 3.05) is 5.32 Å². The number of aromatic nitrogens is 3. The van der Waals surface area contributed by atoms with Crippen LogP contribution < -0.4 is 15.8 Å². The molecule has 28 heavy (non-hydrogen) atoms. The Bertz CT molecular complexity index is 1210. The molecule has 144 valence electrons. The van der Waals surface area contributed by atoms with Gasteiger partial charge in [-0.05, 0) is 30.3 Å². The molecule has 2 heterocycles. The number of hydrogen-bond acceptors (Lipinski definition) is 6. The predicted octanol–water partition coefficient (Wildman–Crippen LogP) is 3.92. The van der Waals surface area contributed by atoms with Crippen LogP contribution in [0.1, 0.15) is 10.4 Å². The summed E-state index contributed by atoms with van der Waals surface area (Å²) >= 11 is 1.16. The summed E-state index contributed by atoms with van der Waals surface area (Å²) in [7, 11) is 1.78. The Morgan fingerprint density at radius 3 is 2.68 bits per heavy atom. The number of rotatable bonds is 4. The van der Waals surface area contributed by atoms with Crippen molar-refractivity contribution in [1.29, 1.82) is 0 Å². The lowest BCUT2D eigenvalue weighted by Crippen LogP contribution is -2.16. The van der Waals surface area contributed by atoms with E-state index in [9.17, 15) is 18.0 Å². The summed E-state index contributed by atoms with van der Waals surface area (Å²) < 4.78 is 43.3. The van der Waals surface area contributed by atoms with Crippen molar-refractivity contribution in [2.45, 2.75) is 6.36 Å². The topological polar surface area (TPSA) is 95.1 Å². The van der Waals surface area contributed by atoms with Gasteiger partial charge in [-0.1, -0.05) is 11.3 Å². The number of carbonyl (C=O) groups excluding carboxylic acids is 1. The average Bonchev–Trinajstić information content (AvgIpc) is 3.13. The lowest BCUT2D eigenvalue weighted by Gasteiger charge is -2.07. The Labute approximate surface area is 159 Å². The molecule has 0 aliphatic heterocycles. The van der Waals surface area contributed by atoms with E-state index in [1.165, 1.54) is 18.2 Å². The van der Waals surface area contributed by atoms with Crippen LogP contribution in [0.15, 0.2) is 36.4 Å². The van der Waals surface area contributed by atoms with Crippen LogP contribution in [0, 0.1) is 0 Å². The molecule has 0 aliphatic rings. The Morgan fingerprint density at radius 2 is 1.96 bits per heavy atom. The molecule has 0 fully saturated rings. The second-order valence-electron chi connectivity index (χ2n) is 5.88. The number of fused-ring (bicyclic) bond motifs is 2. The summed E-state index contributed by atoms with van der Waals surface area (Å²) in [5.41, 5.74) is 7.50. The molecule has 4 rings (SSSR count). The standard InChI is InChI=1S/C17H12F3N5O2S/c1-25-12-5-2-8(14(21)26)6-11(12)22-15(25)24-16-23-10-4-3-9(7-13(10)28-16)27-17(18,19)20/h2-7H,1H3,(H2,21,26)(H,22,23,24). The maximum atomic E-state index is 12.4. The highest BCUT2D eigenvalue weighted by Gasteiger charge is 2.31. The maximum absolute atomic E-state index is 12.4. The molecule has 11 heteroatoms. The molecule has 0 spiro atoms. The Balaban J connectivity index is 1.66. The van der Waals surface area contributed by atoms with Crippen molar-refractivity contribution in [3.8, 4) is 5.75 Å². The van der Waals surface area contributed by atoms with Crippen molar-refractivity contribution in [2.24, 2.45) is 12.8 Å². The first-order chi connectivity index (χ1) is 13.2. The van der Waals surface area contributed by atoms with Crippen molar-refractivity contribution < 1.29 is 22.7 Å². The molecule has 1 amide bonds. The van der Waals surface area contributed by atoms with Crippen LogP contribution in [-0.2, 0) is 7.05 Å². The molecule has 7 nitrogen and oxygen atoms in total. The molecule has 0 bridgehead atoms. The minimum atomic E-state index is -4.75. The molecule has 0 aliphatic carbocycles. The van der Waals surface area contributed by atoms with E-state index >= 15 is 0 Å². The number of hydrogen-bond donors (Lipinski definition) is 2. The number of alkyl halides is 3. The summed E-state index contributed by atoms with van der Waals surface area (Å²) in [6.45, 7) is 0. The number of carbonyl (C=O) groups is 1. The zero-order valence-electron chi connectivity index (χ0n) is 14.2. The summed E-state index contributed by atoms with van der Waals surface area (Å²) in [5, 5.41) is 3.50. The van der Waals surface area contributed by atoms with Gasteiger partial charge in [-0.3, -0.25) is 4.79 Å². The van der Waals surface area contributed by atoms with Gasteiger partial charge in [0.05, 0.1) is 21.3 Å². The Morgan fingerprint density at radius 1 is 1.18 bits per heavy atom. The number of ether oxygens (including phenoxy) is 1. The van der Waals surface area contributed by atoms with Gasteiger partial charge in [0.15, 0.2) is 5.13 Å². The third kappa shape index (κ3) is 3.43. The first kappa shape index (κ1) is 18.0. The van der Waals surface area contributed by atoms with Gasteiger partial charge < -0.3 is 20.4 Å². The van der Waals surface area contributed by atoms with Crippen molar-refractivity contribution in [3.63, 3.8) is 0 Å².